The number of aromatic nitrogens is 1. The van der Waals surface area contributed by atoms with E-state index in [0.717, 1.165) is 67.7 Å². The number of nitrogens with one attached hydrogen (secondary N) is 1. The number of pyridine rings is 1. The molecule has 4 rings (SSSR count). The molecule has 2 bridgehead atoms. The van der Waals surface area contributed by atoms with Gasteiger partial charge >= 0.3 is 0 Å². The second-order valence-corrected chi connectivity index (χ2v) is 10.2. The van der Waals surface area contributed by atoms with E-state index < -0.39 is 0 Å². The number of ether oxygens (including phenoxy) is 1. The number of fused-ring (bicyclic) bond motifs is 2. The van der Waals surface area contributed by atoms with E-state index in [1.807, 2.05) is 31.2 Å². The Morgan fingerprint density at radius 1 is 1.26 bits per heavy atom. The number of hydrogen-bond acceptors (Lipinski definition) is 4. The highest BCUT2D eigenvalue weighted by molar-refractivity contribution is 6.01. The highest BCUT2D eigenvalue weighted by Crippen LogP contribution is 2.30. The van der Waals surface area contributed by atoms with Crippen LogP contribution in [0, 0.1) is 18.7 Å². The SMILES string of the molecule is CCC/C=C(/N=C(\c1cnc(-c2ccccc2CC(C)C)c(F)c1C)N1CC2CCC(C1)N2)OC. The number of piperazine rings is 1. The third-order valence-electron chi connectivity index (χ3n) is 6.95. The first-order chi connectivity index (χ1) is 16.9. The predicted molar refractivity (Wildman–Crippen MR) is 141 cm³/mol. The average Bonchev–Trinajstić information content (AvgIpc) is 3.19. The fraction of sp³-hybridized carbons (Fsp3) is 0.517. The molecule has 188 valence electrons. The summed E-state index contributed by atoms with van der Waals surface area (Å²) in [6, 6.07) is 8.89. The summed E-state index contributed by atoms with van der Waals surface area (Å²) in [7, 11) is 1.64. The lowest BCUT2D eigenvalue weighted by Crippen LogP contribution is -2.53. The summed E-state index contributed by atoms with van der Waals surface area (Å²) in [5.41, 5.74) is 3.71. The van der Waals surface area contributed by atoms with Crippen LogP contribution in [-0.4, -0.2) is 48.0 Å². The Morgan fingerprint density at radius 2 is 1.97 bits per heavy atom. The molecule has 2 fully saturated rings. The van der Waals surface area contributed by atoms with Gasteiger partial charge in [-0.3, -0.25) is 4.98 Å². The lowest BCUT2D eigenvalue weighted by atomic mass is 9.94. The van der Waals surface area contributed by atoms with Crippen LogP contribution < -0.4 is 5.32 Å². The summed E-state index contributed by atoms with van der Waals surface area (Å²) in [6.45, 7) is 10.0. The average molecular weight is 479 g/mol. The van der Waals surface area contributed by atoms with Gasteiger partial charge in [0.25, 0.3) is 0 Å². The van der Waals surface area contributed by atoms with Crippen LogP contribution in [0.1, 0.15) is 63.1 Å². The highest BCUT2D eigenvalue weighted by atomic mass is 19.1. The molecule has 2 aliphatic rings. The molecule has 0 radical (unpaired) electrons. The van der Waals surface area contributed by atoms with Gasteiger partial charge in [0.1, 0.15) is 11.5 Å². The summed E-state index contributed by atoms with van der Waals surface area (Å²) in [5.74, 6) is 1.52. The molecule has 2 saturated heterocycles. The van der Waals surface area contributed by atoms with E-state index in [4.69, 9.17) is 9.73 Å². The molecule has 2 aromatic rings. The maximum atomic E-state index is 16.0. The fourth-order valence-corrected chi connectivity index (χ4v) is 5.18. The number of methoxy groups -OCH3 is 1. The minimum Gasteiger partial charge on any atom is -0.481 e. The molecule has 5 nitrogen and oxygen atoms in total. The van der Waals surface area contributed by atoms with Gasteiger partial charge in [-0.1, -0.05) is 51.5 Å². The largest absolute Gasteiger partial charge is 0.481 e. The molecule has 2 aliphatic heterocycles. The Hall–Kier alpha value is -2.73. The number of nitrogens with zero attached hydrogens (tertiary/aromatic N) is 3. The number of amidine groups is 1. The molecule has 2 unspecified atom stereocenters. The third-order valence-corrected chi connectivity index (χ3v) is 6.95. The first-order valence-corrected chi connectivity index (χ1v) is 13.0. The van der Waals surface area contributed by atoms with Crippen LogP contribution in [0.3, 0.4) is 0 Å². The molecule has 0 spiro atoms. The van der Waals surface area contributed by atoms with Crippen molar-refractivity contribution in [2.24, 2.45) is 10.9 Å². The van der Waals surface area contributed by atoms with Gasteiger partial charge < -0.3 is 15.0 Å². The van der Waals surface area contributed by atoms with Gasteiger partial charge in [-0.25, -0.2) is 4.39 Å². The van der Waals surface area contributed by atoms with Crippen molar-refractivity contribution in [3.8, 4) is 11.3 Å². The van der Waals surface area contributed by atoms with Crippen LogP contribution in [0.25, 0.3) is 11.3 Å². The molecular formula is C29H39FN4O. The molecule has 3 heterocycles. The normalized spacial score (nSPS) is 20.6. The summed E-state index contributed by atoms with van der Waals surface area (Å²) >= 11 is 0. The predicted octanol–water partition coefficient (Wildman–Crippen LogP) is 5.87. The Bertz CT molecular complexity index is 1080. The van der Waals surface area contributed by atoms with Crippen LogP contribution in [0.5, 0.6) is 0 Å². The summed E-state index contributed by atoms with van der Waals surface area (Å²) in [6.07, 6.45) is 8.90. The van der Waals surface area contributed by atoms with Crippen molar-refractivity contribution in [3.63, 3.8) is 0 Å². The fourth-order valence-electron chi connectivity index (χ4n) is 5.18. The maximum Gasteiger partial charge on any atom is 0.210 e. The van der Waals surface area contributed by atoms with Crippen LogP contribution in [0.4, 0.5) is 4.39 Å². The molecule has 35 heavy (non-hydrogen) atoms. The number of likely N-dealkylation sites (tertiary alicyclic amines) is 1. The molecular weight excluding hydrogens is 439 g/mol. The number of aliphatic imine (C=N–C) groups is 1. The van der Waals surface area contributed by atoms with Crippen molar-refractivity contribution in [2.45, 2.75) is 71.9 Å². The van der Waals surface area contributed by atoms with Gasteiger partial charge in [-0.15, -0.1) is 0 Å². The molecule has 0 aliphatic carbocycles. The van der Waals surface area contributed by atoms with E-state index in [9.17, 15) is 0 Å². The Morgan fingerprint density at radius 3 is 2.63 bits per heavy atom. The number of halogens is 1. The second kappa shape index (κ2) is 11.3. The smallest absolute Gasteiger partial charge is 0.210 e. The van der Waals surface area contributed by atoms with Crippen molar-refractivity contribution in [3.05, 3.63) is 64.9 Å². The Labute approximate surface area is 209 Å². The number of allylic oxidation sites excluding steroid dienone is 1. The van der Waals surface area contributed by atoms with Crippen LogP contribution >= 0.6 is 0 Å². The lowest BCUT2D eigenvalue weighted by molar-refractivity contribution is 0.273. The van der Waals surface area contributed by atoms with Crippen molar-refractivity contribution < 1.29 is 9.13 Å². The standard InChI is InChI=1S/C29H39FN4O/c1-6-7-12-26(35-5)33-29(34-17-22-13-14-23(18-34)32-22)25-16-31-28(27(30)20(25)4)24-11-9-8-10-21(24)15-19(2)3/h8-12,16,19,22-23,32H,6-7,13-15,17-18H2,1-5H3/b26-12-,33-29+. The highest BCUT2D eigenvalue weighted by Gasteiger charge is 2.35. The zero-order valence-corrected chi connectivity index (χ0v) is 21.8. The van der Waals surface area contributed by atoms with E-state index in [1.165, 1.54) is 0 Å². The van der Waals surface area contributed by atoms with Crippen LogP contribution in [0.2, 0.25) is 0 Å². The minimum absolute atomic E-state index is 0.277. The second-order valence-electron chi connectivity index (χ2n) is 10.2. The Kier molecular flexibility index (Phi) is 8.22. The minimum atomic E-state index is -0.277. The van der Waals surface area contributed by atoms with E-state index in [-0.39, 0.29) is 5.82 Å². The first kappa shape index (κ1) is 25.4. The molecule has 2 atom stereocenters. The van der Waals surface area contributed by atoms with Crippen molar-refractivity contribution in [1.82, 2.24) is 15.2 Å². The van der Waals surface area contributed by atoms with Crippen LogP contribution in [0.15, 0.2) is 47.4 Å². The van der Waals surface area contributed by atoms with Gasteiger partial charge in [0.05, 0.1) is 7.11 Å². The summed E-state index contributed by atoms with van der Waals surface area (Å²) in [4.78, 5) is 11.9. The number of rotatable bonds is 8. The van der Waals surface area contributed by atoms with Crippen molar-refractivity contribution in [2.75, 3.05) is 20.2 Å². The number of hydrogen-bond donors (Lipinski definition) is 1. The van der Waals surface area contributed by atoms with Gasteiger partial charge in [0, 0.05) is 42.5 Å². The molecule has 0 amide bonds. The number of unbranched alkanes of at least 4 members (excludes halogenated alkanes) is 1. The van der Waals surface area contributed by atoms with Gasteiger partial charge in [0.2, 0.25) is 5.88 Å². The Balaban J connectivity index is 1.78. The van der Waals surface area contributed by atoms with E-state index in [1.54, 1.807) is 13.3 Å². The third kappa shape index (κ3) is 5.75. The van der Waals surface area contributed by atoms with Crippen molar-refractivity contribution in [1.29, 1.82) is 0 Å². The van der Waals surface area contributed by atoms with Gasteiger partial charge in [-0.05, 0) is 55.7 Å². The quantitative estimate of drug-likeness (QED) is 0.293. The zero-order valence-electron chi connectivity index (χ0n) is 21.8. The maximum absolute atomic E-state index is 16.0. The molecule has 6 heteroatoms. The number of benzene rings is 1. The lowest BCUT2D eigenvalue weighted by Gasteiger charge is -2.35. The molecule has 0 saturated carbocycles. The zero-order chi connectivity index (χ0) is 24.9. The molecule has 1 aromatic carbocycles. The van der Waals surface area contributed by atoms with Crippen LogP contribution in [-0.2, 0) is 11.2 Å². The van der Waals surface area contributed by atoms with Gasteiger partial charge in [0.15, 0.2) is 5.82 Å². The topological polar surface area (TPSA) is 49.8 Å². The first-order valence-electron chi connectivity index (χ1n) is 13.0. The molecule has 1 N–H and O–H groups in total. The summed E-state index contributed by atoms with van der Waals surface area (Å²) < 4.78 is 21.6. The summed E-state index contributed by atoms with van der Waals surface area (Å²) in [5, 5.41) is 3.67. The molecule has 1 aromatic heterocycles. The van der Waals surface area contributed by atoms with Gasteiger partial charge in [-0.2, -0.15) is 4.99 Å². The van der Waals surface area contributed by atoms with Crippen molar-refractivity contribution >= 4 is 5.84 Å². The van der Waals surface area contributed by atoms with E-state index in [0.29, 0.717) is 35.1 Å². The monoisotopic (exact) mass is 478 g/mol. The van der Waals surface area contributed by atoms with E-state index >= 15 is 4.39 Å². The van der Waals surface area contributed by atoms with E-state index in [2.05, 4.69) is 42.0 Å².